The van der Waals surface area contributed by atoms with E-state index in [1.165, 1.54) is 14.1 Å². The number of aliphatic hydroxyl groups is 1. The zero-order valence-electron chi connectivity index (χ0n) is 7.26. The van der Waals surface area contributed by atoms with Crippen molar-refractivity contribution in [2.75, 3.05) is 27.2 Å². The van der Waals surface area contributed by atoms with Crippen LogP contribution in [-0.4, -0.2) is 49.1 Å². The van der Waals surface area contributed by atoms with Crippen molar-refractivity contribution in [3.8, 4) is 0 Å². The highest BCUT2D eigenvalue weighted by molar-refractivity contribution is 5.74. The molecule has 0 aromatic heterocycles. The number of aliphatic hydroxyl groups excluding tert-OH is 1. The van der Waals surface area contributed by atoms with Crippen molar-refractivity contribution in [2.24, 2.45) is 0 Å². The Morgan fingerprint density at radius 2 is 1.92 bits per heavy atom. The molecule has 0 fully saturated rings. The van der Waals surface area contributed by atoms with Crippen molar-refractivity contribution in [3.63, 3.8) is 0 Å². The Hall–Kier alpha value is -0.820. The Bertz CT molecular complexity index is 190. The second kappa shape index (κ2) is 3.93. The van der Waals surface area contributed by atoms with E-state index in [1.54, 1.807) is 0 Å². The van der Waals surface area contributed by atoms with Gasteiger partial charge in [0.15, 0.2) is 0 Å². The number of hydroxylamine groups is 3. The van der Waals surface area contributed by atoms with Gasteiger partial charge in [0, 0.05) is 0 Å². The summed E-state index contributed by atoms with van der Waals surface area (Å²) < 4.78 is 34.4. The lowest BCUT2D eigenvalue weighted by Crippen LogP contribution is -2.46. The number of carbonyl (C=O) groups is 1. The van der Waals surface area contributed by atoms with Crippen LogP contribution in [0.1, 0.15) is 0 Å². The van der Waals surface area contributed by atoms with E-state index in [4.69, 9.17) is 5.11 Å². The minimum atomic E-state index is -5.00. The van der Waals surface area contributed by atoms with Gasteiger partial charge < -0.3 is 5.11 Å². The summed E-state index contributed by atoms with van der Waals surface area (Å²) in [7, 11) is 2.47. The van der Waals surface area contributed by atoms with Crippen LogP contribution in [-0.2, 0) is 9.63 Å². The van der Waals surface area contributed by atoms with Gasteiger partial charge in [-0.25, -0.2) is 4.79 Å². The SMILES string of the molecule is C[N+](C)(CCO)OC(=O)C(F)(F)F. The fraction of sp³-hybridized carbons (Fsp3) is 0.833. The maximum Gasteiger partial charge on any atom is 0.497 e. The molecule has 0 aliphatic heterocycles. The van der Waals surface area contributed by atoms with Crippen LogP contribution in [0.15, 0.2) is 0 Å². The Morgan fingerprint density at radius 3 is 2.23 bits per heavy atom. The van der Waals surface area contributed by atoms with Crippen LogP contribution in [0.5, 0.6) is 0 Å². The standard InChI is InChI=1S/C6H11F3NO3/c1-10(2,3-4-11)13-5(12)6(7,8)9/h11H,3-4H2,1-2H3/q+1. The molecule has 7 heteroatoms. The monoisotopic (exact) mass is 202 g/mol. The van der Waals surface area contributed by atoms with Gasteiger partial charge in [0.1, 0.15) is 20.6 Å². The molecule has 0 saturated heterocycles. The molecule has 0 saturated carbocycles. The number of carbonyl (C=O) groups excluding carboxylic acids is 1. The second-order valence-corrected chi connectivity index (χ2v) is 2.90. The molecular weight excluding hydrogens is 191 g/mol. The van der Waals surface area contributed by atoms with Gasteiger partial charge in [-0.3, -0.25) is 4.84 Å². The number of nitrogens with zero attached hydrogens (tertiary/aromatic N) is 1. The molecule has 0 radical (unpaired) electrons. The third kappa shape index (κ3) is 4.69. The predicted molar refractivity (Wildman–Crippen MR) is 36.2 cm³/mol. The number of likely N-dealkylation sites (N-methyl/N-ethyl adjacent to an activating group) is 1. The van der Waals surface area contributed by atoms with E-state index < -0.39 is 16.8 Å². The lowest BCUT2D eigenvalue weighted by molar-refractivity contribution is -1.06. The molecule has 1 N–H and O–H groups in total. The fourth-order valence-corrected chi connectivity index (χ4v) is 0.563. The Labute approximate surface area is 73.1 Å². The van der Waals surface area contributed by atoms with Crippen LogP contribution < -0.4 is 0 Å². The third-order valence-electron chi connectivity index (χ3n) is 1.20. The van der Waals surface area contributed by atoms with Gasteiger partial charge in [0.05, 0.1) is 6.61 Å². The summed E-state index contributed by atoms with van der Waals surface area (Å²) in [4.78, 5) is 14.4. The Balaban J connectivity index is 4.20. The topological polar surface area (TPSA) is 46.5 Å². The first-order chi connectivity index (χ1) is 5.69. The van der Waals surface area contributed by atoms with Gasteiger partial charge in [-0.15, -0.1) is 4.65 Å². The van der Waals surface area contributed by atoms with Crippen molar-refractivity contribution in [1.29, 1.82) is 0 Å². The maximum absolute atomic E-state index is 11.7. The molecule has 4 nitrogen and oxygen atoms in total. The van der Waals surface area contributed by atoms with E-state index in [1.807, 2.05) is 0 Å². The van der Waals surface area contributed by atoms with Gasteiger partial charge in [-0.05, 0) is 0 Å². The van der Waals surface area contributed by atoms with Crippen LogP contribution in [0.4, 0.5) is 13.2 Å². The molecule has 0 aromatic carbocycles. The first-order valence-electron chi connectivity index (χ1n) is 3.43. The van der Waals surface area contributed by atoms with E-state index in [9.17, 15) is 18.0 Å². The lowest BCUT2D eigenvalue weighted by Gasteiger charge is -2.25. The summed E-state index contributed by atoms with van der Waals surface area (Å²) in [5.74, 6) is -2.26. The van der Waals surface area contributed by atoms with E-state index in [2.05, 4.69) is 4.84 Å². The highest BCUT2D eigenvalue weighted by Crippen LogP contribution is 2.18. The molecule has 0 spiro atoms. The molecule has 0 atom stereocenters. The van der Waals surface area contributed by atoms with E-state index in [0.717, 1.165) is 0 Å². The average Bonchev–Trinajstić information content (AvgIpc) is 1.83. The Morgan fingerprint density at radius 1 is 1.46 bits per heavy atom. The molecule has 0 rings (SSSR count). The average molecular weight is 202 g/mol. The maximum atomic E-state index is 11.7. The molecule has 0 heterocycles. The molecule has 0 aliphatic rings. The summed E-state index contributed by atoms with van der Waals surface area (Å²) in [6, 6.07) is 0. The van der Waals surface area contributed by atoms with Crippen molar-refractivity contribution in [1.82, 2.24) is 0 Å². The van der Waals surface area contributed by atoms with E-state index in [-0.39, 0.29) is 13.2 Å². The zero-order chi connectivity index (χ0) is 10.7. The molecule has 0 bridgehead atoms. The normalized spacial score (nSPS) is 12.8. The van der Waals surface area contributed by atoms with Crippen molar-refractivity contribution in [2.45, 2.75) is 6.18 Å². The molecule has 0 amide bonds. The highest BCUT2D eigenvalue weighted by Gasteiger charge is 2.45. The summed E-state index contributed by atoms with van der Waals surface area (Å²) in [6.07, 6.45) is -5.00. The van der Waals surface area contributed by atoms with Crippen LogP contribution in [0.3, 0.4) is 0 Å². The number of alkyl halides is 3. The minimum absolute atomic E-state index is 0.0954. The largest absolute Gasteiger partial charge is 0.497 e. The predicted octanol–water partition coefficient (Wildman–Crippen LogP) is 0.0756. The van der Waals surface area contributed by atoms with Crippen LogP contribution >= 0.6 is 0 Å². The molecular formula is C6H11F3NO3+. The molecule has 0 aromatic rings. The summed E-state index contributed by atoms with van der Waals surface area (Å²) in [5.41, 5.74) is 0. The summed E-state index contributed by atoms with van der Waals surface area (Å²) in [6.45, 7) is -0.458. The van der Waals surface area contributed by atoms with Gasteiger partial charge in [0.2, 0.25) is 0 Å². The summed E-state index contributed by atoms with van der Waals surface area (Å²) >= 11 is 0. The smallest absolute Gasteiger partial charge is 0.390 e. The van der Waals surface area contributed by atoms with Gasteiger partial charge in [-0.2, -0.15) is 13.2 Å². The lowest BCUT2D eigenvalue weighted by atomic mass is 10.6. The Kier molecular flexibility index (Phi) is 3.68. The number of quaternary nitrogens is 1. The van der Waals surface area contributed by atoms with Gasteiger partial charge >= 0.3 is 12.1 Å². The third-order valence-corrected chi connectivity index (χ3v) is 1.20. The van der Waals surface area contributed by atoms with E-state index >= 15 is 0 Å². The zero-order valence-corrected chi connectivity index (χ0v) is 7.26. The molecule has 0 unspecified atom stereocenters. The highest BCUT2D eigenvalue weighted by atomic mass is 19.4. The first kappa shape index (κ1) is 12.2. The molecule has 0 aliphatic carbocycles. The number of hydrogen-bond acceptors (Lipinski definition) is 3. The number of halogens is 3. The van der Waals surface area contributed by atoms with E-state index in [0.29, 0.717) is 0 Å². The van der Waals surface area contributed by atoms with Crippen LogP contribution in [0, 0.1) is 0 Å². The first-order valence-corrected chi connectivity index (χ1v) is 3.43. The fourth-order valence-electron chi connectivity index (χ4n) is 0.563. The van der Waals surface area contributed by atoms with Gasteiger partial charge in [0.25, 0.3) is 0 Å². The van der Waals surface area contributed by atoms with Crippen molar-refractivity contribution < 1.29 is 32.6 Å². The molecule has 13 heavy (non-hydrogen) atoms. The second-order valence-electron chi connectivity index (χ2n) is 2.90. The van der Waals surface area contributed by atoms with Crippen molar-refractivity contribution in [3.05, 3.63) is 0 Å². The summed E-state index contributed by atoms with van der Waals surface area (Å²) in [5, 5.41) is 8.43. The molecule has 78 valence electrons. The van der Waals surface area contributed by atoms with Gasteiger partial charge in [-0.1, -0.05) is 0 Å². The number of rotatable bonds is 3. The number of hydrogen-bond donors (Lipinski definition) is 1. The quantitative estimate of drug-likeness (QED) is 0.520. The van der Waals surface area contributed by atoms with Crippen LogP contribution in [0.25, 0.3) is 0 Å². The minimum Gasteiger partial charge on any atom is -0.390 e. The van der Waals surface area contributed by atoms with Crippen LogP contribution in [0.2, 0.25) is 0 Å². The van der Waals surface area contributed by atoms with Crippen molar-refractivity contribution >= 4 is 5.97 Å².